The van der Waals surface area contributed by atoms with Gasteiger partial charge >= 0.3 is 0 Å². The van der Waals surface area contributed by atoms with Gasteiger partial charge in [-0.2, -0.15) is 0 Å². The minimum Gasteiger partial charge on any atom is -0.458 e. The van der Waals surface area contributed by atoms with Crippen molar-refractivity contribution in [1.82, 2.24) is 9.13 Å². The summed E-state index contributed by atoms with van der Waals surface area (Å²) in [5, 5.41) is 5.13. The summed E-state index contributed by atoms with van der Waals surface area (Å²) in [6, 6.07) is 46.1. The molecular weight excluding hydrogens is 487 g/mol. The molecule has 4 heteroatoms. The van der Waals surface area contributed by atoms with E-state index < -0.39 is 0 Å². The number of hydrogen-bond acceptors (Lipinski definition) is 1. The van der Waals surface area contributed by atoms with Crippen LogP contribution < -0.4 is 21.1 Å². The highest BCUT2D eigenvalue weighted by Crippen LogP contribution is 2.41. The van der Waals surface area contributed by atoms with Crippen LogP contribution in [0.4, 0.5) is 0 Å². The van der Waals surface area contributed by atoms with E-state index in [9.17, 15) is 0 Å². The van der Waals surface area contributed by atoms with Crippen LogP contribution in [0.1, 0.15) is 0 Å². The molecule has 2 aliphatic rings. The number of fused-ring (bicyclic) bond motifs is 10. The second-order valence-corrected chi connectivity index (χ2v) is 10.9. The molecule has 0 saturated heterocycles. The summed E-state index contributed by atoms with van der Waals surface area (Å²) in [7, 11) is 0. The van der Waals surface area contributed by atoms with Crippen LogP contribution in [-0.4, -0.2) is 15.8 Å². The van der Waals surface area contributed by atoms with Gasteiger partial charge in [-0.25, -0.2) is 0 Å². The Balaban J connectivity index is 1.41. The maximum Gasteiger partial charge on any atom is 0.256 e. The molecule has 4 heterocycles. The summed E-state index contributed by atoms with van der Waals surface area (Å²) >= 11 is 0. The van der Waals surface area contributed by atoms with E-state index in [4.69, 9.17) is 4.74 Å². The molecule has 0 spiro atoms. The zero-order chi connectivity index (χ0) is 25.9. The van der Waals surface area contributed by atoms with Gasteiger partial charge in [0, 0.05) is 38.4 Å². The fourth-order valence-corrected chi connectivity index (χ4v) is 7.41. The molecule has 0 N–H and O–H groups in total. The van der Waals surface area contributed by atoms with Gasteiger partial charge in [-0.15, -0.1) is 0 Å². The molecule has 3 nitrogen and oxygen atoms in total. The third-order valence-electron chi connectivity index (χ3n) is 8.96. The lowest BCUT2D eigenvalue weighted by Crippen LogP contribution is -2.58. The highest BCUT2D eigenvalue weighted by molar-refractivity contribution is 6.99. The lowest BCUT2D eigenvalue weighted by Gasteiger charge is -2.33. The predicted octanol–water partition coefficient (Wildman–Crippen LogP) is 6.82. The van der Waals surface area contributed by atoms with E-state index in [-0.39, 0.29) is 6.71 Å². The molecular formula is C36H21BN2O. The van der Waals surface area contributed by atoms with E-state index >= 15 is 0 Å². The zero-order valence-electron chi connectivity index (χ0n) is 21.5. The highest BCUT2D eigenvalue weighted by atomic mass is 16.5. The first-order chi connectivity index (χ1) is 19.9. The molecule has 10 rings (SSSR count). The van der Waals surface area contributed by atoms with Gasteiger partial charge in [-0.3, -0.25) is 0 Å². The summed E-state index contributed by atoms with van der Waals surface area (Å²) < 4.78 is 11.4. The van der Waals surface area contributed by atoms with Crippen molar-refractivity contribution in [2.45, 2.75) is 0 Å². The summed E-state index contributed by atoms with van der Waals surface area (Å²) in [6.07, 6.45) is 0. The molecule has 0 atom stereocenters. The van der Waals surface area contributed by atoms with Crippen molar-refractivity contribution in [2.75, 3.05) is 0 Å². The summed E-state index contributed by atoms with van der Waals surface area (Å²) in [4.78, 5) is 0. The van der Waals surface area contributed by atoms with Gasteiger partial charge in [0.15, 0.2) is 0 Å². The number of hydrogen-bond donors (Lipinski definition) is 0. The lowest BCUT2D eigenvalue weighted by molar-refractivity contribution is 0.487. The van der Waals surface area contributed by atoms with Crippen molar-refractivity contribution in [3.63, 3.8) is 0 Å². The number of ether oxygens (including phenoxy) is 1. The Bertz CT molecular complexity index is 2360. The van der Waals surface area contributed by atoms with Gasteiger partial charge in [-0.05, 0) is 64.9 Å². The van der Waals surface area contributed by atoms with Crippen LogP contribution in [0.15, 0.2) is 127 Å². The number of para-hydroxylation sites is 4. The van der Waals surface area contributed by atoms with Crippen molar-refractivity contribution in [1.29, 1.82) is 0 Å². The molecule has 8 aromatic rings. The smallest absolute Gasteiger partial charge is 0.256 e. The van der Waals surface area contributed by atoms with Crippen LogP contribution in [0.2, 0.25) is 0 Å². The molecule has 0 saturated carbocycles. The van der Waals surface area contributed by atoms with Crippen molar-refractivity contribution in [2.24, 2.45) is 0 Å². The van der Waals surface area contributed by atoms with Gasteiger partial charge in [0.25, 0.3) is 6.71 Å². The average molecular weight is 508 g/mol. The Morgan fingerprint density at radius 2 is 1.18 bits per heavy atom. The van der Waals surface area contributed by atoms with Crippen LogP contribution in [-0.2, 0) is 0 Å². The molecule has 0 bridgehead atoms. The topological polar surface area (TPSA) is 19.1 Å². The Morgan fingerprint density at radius 3 is 2.12 bits per heavy atom. The molecule has 0 fully saturated rings. The predicted molar refractivity (Wildman–Crippen MR) is 166 cm³/mol. The van der Waals surface area contributed by atoms with Gasteiger partial charge in [-0.1, -0.05) is 78.9 Å². The third-order valence-corrected chi connectivity index (χ3v) is 8.96. The zero-order valence-corrected chi connectivity index (χ0v) is 21.5. The van der Waals surface area contributed by atoms with E-state index in [0.717, 1.165) is 11.5 Å². The Labute approximate surface area is 230 Å². The Kier molecular flexibility index (Phi) is 3.75. The van der Waals surface area contributed by atoms with Crippen molar-refractivity contribution in [3.05, 3.63) is 127 Å². The summed E-state index contributed by atoms with van der Waals surface area (Å²) in [5.74, 6) is 1.90. The van der Waals surface area contributed by atoms with Crippen molar-refractivity contribution in [3.8, 4) is 22.9 Å². The third kappa shape index (κ3) is 2.43. The van der Waals surface area contributed by atoms with Gasteiger partial charge in [0.1, 0.15) is 11.5 Å². The quantitative estimate of drug-likeness (QED) is 0.223. The average Bonchev–Trinajstić information content (AvgIpc) is 3.51. The fraction of sp³-hybridized carbons (Fsp3) is 0. The molecule has 0 aliphatic carbocycles. The minimum absolute atomic E-state index is 0.144. The molecule has 40 heavy (non-hydrogen) atoms. The number of aromatic nitrogens is 2. The van der Waals surface area contributed by atoms with E-state index in [1.807, 2.05) is 0 Å². The fourth-order valence-electron chi connectivity index (χ4n) is 7.41. The highest BCUT2D eigenvalue weighted by Gasteiger charge is 2.40. The number of nitrogens with zero attached hydrogens (tertiary/aromatic N) is 2. The van der Waals surface area contributed by atoms with Crippen molar-refractivity contribution >= 4 is 66.7 Å². The second-order valence-electron chi connectivity index (χ2n) is 10.9. The Morgan fingerprint density at radius 1 is 0.475 bits per heavy atom. The first-order valence-electron chi connectivity index (χ1n) is 13.8. The normalized spacial score (nSPS) is 13.2. The van der Waals surface area contributed by atoms with E-state index in [1.165, 1.54) is 71.4 Å². The monoisotopic (exact) mass is 508 g/mol. The second kappa shape index (κ2) is 7.25. The van der Waals surface area contributed by atoms with Crippen molar-refractivity contribution < 1.29 is 4.74 Å². The first-order valence-corrected chi connectivity index (χ1v) is 13.8. The molecule has 2 aliphatic heterocycles. The van der Waals surface area contributed by atoms with E-state index in [0.29, 0.717) is 0 Å². The summed E-state index contributed by atoms with van der Waals surface area (Å²) in [6.45, 7) is 0.144. The standard InChI is InChI=1S/C36H21BN2O/c1-2-10-22(11-3-1)38-29-16-6-4-12-23(29)25-20-26-24-13-8-15-28-36(24)39(32(26)21-31(25)38)30-17-9-19-34-35(30)37(28)27-14-5-7-18-33(27)40-34/h1-21H. The molecule has 0 radical (unpaired) electrons. The maximum atomic E-state index is 6.49. The van der Waals surface area contributed by atoms with Crippen LogP contribution in [0.25, 0.3) is 55.0 Å². The van der Waals surface area contributed by atoms with Gasteiger partial charge < -0.3 is 13.9 Å². The minimum atomic E-state index is 0.144. The van der Waals surface area contributed by atoms with Gasteiger partial charge in [0.05, 0.1) is 16.6 Å². The van der Waals surface area contributed by atoms with Gasteiger partial charge in [0.2, 0.25) is 0 Å². The largest absolute Gasteiger partial charge is 0.458 e. The molecule has 0 amide bonds. The van der Waals surface area contributed by atoms with E-state index in [1.54, 1.807) is 0 Å². The summed E-state index contributed by atoms with van der Waals surface area (Å²) in [5.41, 5.74) is 11.2. The van der Waals surface area contributed by atoms with Crippen LogP contribution in [0.5, 0.6) is 11.5 Å². The molecule has 6 aromatic carbocycles. The van der Waals surface area contributed by atoms with Crippen LogP contribution >= 0.6 is 0 Å². The lowest BCUT2D eigenvalue weighted by atomic mass is 9.34. The molecule has 2 aromatic heterocycles. The first kappa shape index (κ1) is 20.7. The molecule has 184 valence electrons. The van der Waals surface area contributed by atoms with Crippen LogP contribution in [0.3, 0.4) is 0 Å². The number of benzene rings is 6. The molecule has 0 unspecified atom stereocenters. The number of rotatable bonds is 1. The maximum absolute atomic E-state index is 6.49. The SMILES string of the molecule is c1ccc(-n2c3ccccc3c3cc4c5cccc6c5n(c4cc32)-c2cccc3c2B6c2ccccc2O3)cc1. The van der Waals surface area contributed by atoms with E-state index in [2.05, 4.69) is 137 Å². The Hall–Kier alpha value is -5.22. The van der Waals surface area contributed by atoms with Crippen LogP contribution in [0, 0.1) is 0 Å².